The van der Waals surface area contributed by atoms with Crippen LogP contribution in [0.2, 0.25) is 0 Å². The Labute approximate surface area is 122 Å². The van der Waals surface area contributed by atoms with Gasteiger partial charge in [-0.1, -0.05) is 19.1 Å². The highest BCUT2D eigenvalue weighted by Gasteiger charge is 2.24. The molecule has 5 nitrogen and oxygen atoms in total. The zero-order valence-corrected chi connectivity index (χ0v) is 12.4. The third kappa shape index (κ3) is 5.39. The summed E-state index contributed by atoms with van der Waals surface area (Å²) in [6.07, 6.45) is 0. The van der Waals surface area contributed by atoms with Gasteiger partial charge in [-0.3, -0.25) is 4.79 Å². The fourth-order valence-corrected chi connectivity index (χ4v) is 2.28. The molecule has 0 aliphatic heterocycles. The summed E-state index contributed by atoms with van der Waals surface area (Å²) in [5.41, 5.74) is 5.97. The number of carbonyl (C=O) groups excluding carboxylic acids is 1. The number of hydrogen-bond donors (Lipinski definition) is 2. The minimum Gasteiger partial charge on any atom is -0.352 e. The van der Waals surface area contributed by atoms with Gasteiger partial charge in [0, 0.05) is 12.1 Å². The molecule has 0 fully saturated rings. The second-order valence-corrected chi connectivity index (χ2v) is 6.79. The molecule has 1 rings (SSSR count). The molecule has 0 aliphatic carbocycles. The minimum atomic E-state index is -4.46. The van der Waals surface area contributed by atoms with E-state index in [2.05, 4.69) is 5.32 Å². The predicted molar refractivity (Wildman–Crippen MR) is 75.6 cm³/mol. The predicted octanol–water partition coefficient (Wildman–Crippen LogP) is 1.15. The maximum absolute atomic E-state index is 12.3. The van der Waals surface area contributed by atoms with Gasteiger partial charge in [0.2, 0.25) is 9.84 Å². The highest BCUT2D eigenvalue weighted by atomic mass is 32.2. The molecule has 0 bridgehead atoms. The van der Waals surface area contributed by atoms with Gasteiger partial charge in [0.25, 0.3) is 5.91 Å². The lowest BCUT2D eigenvalue weighted by molar-refractivity contribution is 0.0948. The molecule has 1 atom stereocenters. The minimum absolute atomic E-state index is 0.143. The number of benzene rings is 1. The molecule has 0 radical (unpaired) electrons. The van der Waals surface area contributed by atoms with Gasteiger partial charge in [-0.2, -0.15) is 8.78 Å². The number of amides is 1. The molecule has 21 heavy (non-hydrogen) atoms. The summed E-state index contributed by atoms with van der Waals surface area (Å²) >= 11 is 0. The SMILES string of the molecule is CC(CN)CNC(=O)c1ccc(CS(=O)(=O)C(F)F)cc1. The van der Waals surface area contributed by atoms with E-state index in [9.17, 15) is 22.0 Å². The van der Waals surface area contributed by atoms with Crippen molar-refractivity contribution in [2.24, 2.45) is 11.7 Å². The van der Waals surface area contributed by atoms with Crippen molar-refractivity contribution in [2.75, 3.05) is 13.1 Å². The Morgan fingerprint density at radius 2 is 1.86 bits per heavy atom. The Morgan fingerprint density at radius 3 is 2.33 bits per heavy atom. The van der Waals surface area contributed by atoms with E-state index in [-0.39, 0.29) is 17.4 Å². The normalized spacial score (nSPS) is 13.2. The molecule has 8 heteroatoms. The first-order chi connectivity index (χ1) is 9.76. The summed E-state index contributed by atoms with van der Waals surface area (Å²) in [6.45, 7) is 2.76. The van der Waals surface area contributed by atoms with Crippen molar-refractivity contribution in [1.82, 2.24) is 5.32 Å². The third-order valence-corrected chi connectivity index (χ3v) is 4.15. The zero-order chi connectivity index (χ0) is 16.0. The van der Waals surface area contributed by atoms with Gasteiger partial charge >= 0.3 is 5.76 Å². The highest BCUT2D eigenvalue weighted by Crippen LogP contribution is 2.14. The van der Waals surface area contributed by atoms with Crippen LogP contribution in [-0.4, -0.2) is 33.2 Å². The summed E-state index contributed by atoms with van der Waals surface area (Å²) in [7, 11) is -4.46. The van der Waals surface area contributed by atoms with Crippen molar-refractivity contribution >= 4 is 15.7 Å². The van der Waals surface area contributed by atoms with Gasteiger partial charge in [0.05, 0.1) is 5.75 Å². The standard InChI is InChI=1S/C13H18F2N2O3S/c1-9(6-16)7-17-12(18)11-4-2-10(3-5-11)8-21(19,20)13(14)15/h2-5,9,13H,6-8,16H2,1H3,(H,17,18). The second-order valence-electron chi connectivity index (χ2n) is 4.82. The Balaban J connectivity index is 2.68. The molecule has 1 amide bonds. The molecule has 3 N–H and O–H groups in total. The number of alkyl halides is 2. The number of sulfone groups is 1. The van der Waals surface area contributed by atoms with Crippen LogP contribution in [0.3, 0.4) is 0 Å². The summed E-state index contributed by atoms with van der Waals surface area (Å²) in [4.78, 5) is 11.8. The van der Waals surface area contributed by atoms with Crippen LogP contribution in [0.5, 0.6) is 0 Å². The van der Waals surface area contributed by atoms with Crippen LogP contribution in [0.15, 0.2) is 24.3 Å². The molecule has 118 valence electrons. The van der Waals surface area contributed by atoms with E-state index in [4.69, 9.17) is 5.73 Å². The lowest BCUT2D eigenvalue weighted by atomic mass is 10.1. The Hall–Kier alpha value is -1.54. The maximum Gasteiger partial charge on any atom is 0.337 e. The zero-order valence-electron chi connectivity index (χ0n) is 11.6. The number of hydrogen-bond acceptors (Lipinski definition) is 4. The Kier molecular flexibility index (Phi) is 6.22. The fourth-order valence-electron chi connectivity index (χ4n) is 1.50. The van der Waals surface area contributed by atoms with Crippen molar-refractivity contribution in [1.29, 1.82) is 0 Å². The van der Waals surface area contributed by atoms with Crippen LogP contribution in [0, 0.1) is 5.92 Å². The van der Waals surface area contributed by atoms with E-state index in [1.807, 2.05) is 6.92 Å². The van der Waals surface area contributed by atoms with Gasteiger partial charge < -0.3 is 11.1 Å². The highest BCUT2D eigenvalue weighted by molar-refractivity contribution is 7.90. The fraction of sp³-hybridized carbons (Fsp3) is 0.462. The van der Waals surface area contributed by atoms with Crippen LogP contribution in [-0.2, 0) is 15.6 Å². The lowest BCUT2D eigenvalue weighted by Crippen LogP contribution is -2.31. The van der Waals surface area contributed by atoms with E-state index in [0.29, 0.717) is 18.7 Å². The number of nitrogens with two attached hydrogens (primary N) is 1. The molecule has 0 aliphatic rings. The number of carbonyl (C=O) groups is 1. The molecule has 1 unspecified atom stereocenters. The topological polar surface area (TPSA) is 89.3 Å². The lowest BCUT2D eigenvalue weighted by Gasteiger charge is -2.10. The van der Waals surface area contributed by atoms with Gasteiger partial charge in [-0.05, 0) is 30.2 Å². The Bertz CT molecular complexity index is 574. The van der Waals surface area contributed by atoms with E-state index < -0.39 is 21.3 Å². The summed E-state index contributed by atoms with van der Waals surface area (Å²) in [6, 6.07) is 5.50. The molecule has 1 aromatic carbocycles. The molecule has 0 spiro atoms. The summed E-state index contributed by atoms with van der Waals surface area (Å²) in [5, 5.41) is 2.68. The summed E-state index contributed by atoms with van der Waals surface area (Å²) in [5.74, 6) is -4.34. The average Bonchev–Trinajstić information content (AvgIpc) is 2.44. The van der Waals surface area contributed by atoms with Crippen molar-refractivity contribution in [3.8, 4) is 0 Å². The number of rotatable bonds is 7. The van der Waals surface area contributed by atoms with Crippen molar-refractivity contribution in [2.45, 2.75) is 18.4 Å². The van der Waals surface area contributed by atoms with Crippen LogP contribution in [0.25, 0.3) is 0 Å². The maximum atomic E-state index is 12.3. The molecule has 0 aromatic heterocycles. The van der Waals surface area contributed by atoms with E-state index >= 15 is 0 Å². The largest absolute Gasteiger partial charge is 0.352 e. The van der Waals surface area contributed by atoms with Crippen LogP contribution < -0.4 is 11.1 Å². The average molecular weight is 320 g/mol. The van der Waals surface area contributed by atoms with Gasteiger partial charge in [0.1, 0.15) is 0 Å². The van der Waals surface area contributed by atoms with Crippen molar-refractivity contribution in [3.05, 3.63) is 35.4 Å². The second kappa shape index (κ2) is 7.46. The molecular weight excluding hydrogens is 302 g/mol. The Morgan fingerprint density at radius 1 is 1.29 bits per heavy atom. The first kappa shape index (κ1) is 17.5. The number of halogens is 2. The molecular formula is C13H18F2N2O3S. The van der Waals surface area contributed by atoms with E-state index in [1.54, 1.807) is 0 Å². The van der Waals surface area contributed by atoms with E-state index in [1.165, 1.54) is 24.3 Å². The smallest absolute Gasteiger partial charge is 0.337 e. The third-order valence-electron chi connectivity index (χ3n) is 2.87. The molecule has 0 saturated carbocycles. The first-order valence-electron chi connectivity index (χ1n) is 6.33. The van der Waals surface area contributed by atoms with Gasteiger partial charge in [-0.15, -0.1) is 0 Å². The number of nitrogens with one attached hydrogen (secondary N) is 1. The summed E-state index contributed by atoms with van der Waals surface area (Å²) < 4.78 is 46.7. The van der Waals surface area contributed by atoms with Crippen LogP contribution in [0.1, 0.15) is 22.8 Å². The van der Waals surface area contributed by atoms with Gasteiger partial charge in [-0.25, -0.2) is 8.42 Å². The van der Waals surface area contributed by atoms with E-state index in [0.717, 1.165) is 0 Å². The monoisotopic (exact) mass is 320 g/mol. The van der Waals surface area contributed by atoms with Crippen LogP contribution in [0.4, 0.5) is 8.78 Å². The molecule has 0 saturated heterocycles. The van der Waals surface area contributed by atoms with Crippen molar-refractivity contribution < 1.29 is 22.0 Å². The molecule has 0 heterocycles. The van der Waals surface area contributed by atoms with Crippen LogP contribution >= 0.6 is 0 Å². The quantitative estimate of drug-likeness (QED) is 0.788. The molecule has 1 aromatic rings. The van der Waals surface area contributed by atoms with Gasteiger partial charge in [0.15, 0.2) is 0 Å². The first-order valence-corrected chi connectivity index (χ1v) is 8.04. The van der Waals surface area contributed by atoms with Crippen molar-refractivity contribution in [3.63, 3.8) is 0 Å².